The number of rotatable bonds is 3. The Bertz CT molecular complexity index is 892. The average molecular weight is 366 g/mol. The number of hydrogen-bond donors (Lipinski definition) is 1. The van der Waals surface area contributed by atoms with Crippen molar-refractivity contribution in [2.24, 2.45) is 0 Å². The standard InChI is InChI=1S/C17H14Cl2N2O3/c1-9-14(3-2-13-15(9)17(4-5-17)8-20-13)24-16-11(18)6-10(21(22)23)7-12(16)19/h2-3,6-7,20H,4-5,8H2,1H3/i8D. The number of hydrogen-bond acceptors (Lipinski definition) is 4. The zero-order chi connectivity index (χ0) is 17.9. The summed E-state index contributed by atoms with van der Waals surface area (Å²) >= 11 is 12.3. The molecule has 0 bridgehead atoms. The molecule has 1 heterocycles. The number of ether oxygens (including phenoxy) is 1. The summed E-state index contributed by atoms with van der Waals surface area (Å²) in [7, 11) is 0. The fraction of sp³-hybridized carbons (Fsp3) is 0.294. The summed E-state index contributed by atoms with van der Waals surface area (Å²) in [5.74, 6) is 0.772. The maximum absolute atomic E-state index is 10.9. The van der Waals surface area contributed by atoms with Gasteiger partial charge in [0.1, 0.15) is 5.75 Å². The fourth-order valence-corrected chi connectivity index (χ4v) is 3.79. The number of benzene rings is 2. The number of nitrogens with one attached hydrogen (secondary N) is 1. The number of nitro benzene ring substituents is 1. The lowest BCUT2D eigenvalue weighted by Crippen LogP contribution is -2.09. The first kappa shape index (κ1) is 14.4. The van der Waals surface area contributed by atoms with E-state index in [1.165, 1.54) is 12.1 Å². The molecule has 24 heavy (non-hydrogen) atoms. The van der Waals surface area contributed by atoms with E-state index in [0.717, 1.165) is 29.7 Å². The molecular weight excluding hydrogens is 351 g/mol. The summed E-state index contributed by atoms with van der Waals surface area (Å²) < 4.78 is 14.2. The molecule has 0 saturated heterocycles. The zero-order valence-corrected chi connectivity index (χ0v) is 14.2. The number of nitrogens with zero attached hydrogens (tertiary/aromatic N) is 1. The van der Waals surface area contributed by atoms with Crippen molar-refractivity contribution < 1.29 is 11.0 Å². The van der Waals surface area contributed by atoms with Crippen molar-refractivity contribution in [1.82, 2.24) is 0 Å². The monoisotopic (exact) mass is 365 g/mol. The number of fused-ring (bicyclic) bond motifs is 2. The van der Waals surface area contributed by atoms with Gasteiger partial charge in [0.25, 0.3) is 5.69 Å². The molecule has 1 aliphatic heterocycles. The second-order valence-corrected chi connectivity index (χ2v) is 6.97. The highest BCUT2D eigenvalue weighted by molar-refractivity contribution is 6.37. The quantitative estimate of drug-likeness (QED) is 0.579. The van der Waals surface area contributed by atoms with E-state index in [1.807, 2.05) is 13.0 Å². The molecule has 124 valence electrons. The van der Waals surface area contributed by atoms with Gasteiger partial charge in [-0.25, -0.2) is 0 Å². The predicted octanol–water partition coefficient (Wildman–Crippen LogP) is 5.46. The van der Waals surface area contributed by atoms with Gasteiger partial charge in [-0.1, -0.05) is 23.2 Å². The topological polar surface area (TPSA) is 64.4 Å². The van der Waals surface area contributed by atoms with E-state index >= 15 is 0 Å². The molecule has 0 amide bonds. The largest absolute Gasteiger partial charge is 0.454 e. The van der Waals surface area contributed by atoms with E-state index < -0.39 is 4.92 Å². The highest BCUT2D eigenvalue weighted by Gasteiger charge is 2.50. The smallest absolute Gasteiger partial charge is 0.272 e. The second-order valence-electron chi connectivity index (χ2n) is 6.15. The van der Waals surface area contributed by atoms with Crippen molar-refractivity contribution in [3.8, 4) is 11.5 Å². The lowest BCUT2D eigenvalue weighted by Gasteiger charge is -2.16. The maximum atomic E-state index is 10.9. The zero-order valence-electron chi connectivity index (χ0n) is 13.7. The van der Waals surface area contributed by atoms with Crippen molar-refractivity contribution in [3.63, 3.8) is 0 Å². The molecule has 5 nitrogen and oxygen atoms in total. The van der Waals surface area contributed by atoms with E-state index in [9.17, 15) is 10.1 Å². The van der Waals surface area contributed by atoms with Crippen molar-refractivity contribution in [2.75, 3.05) is 11.8 Å². The molecule has 2 aliphatic rings. The van der Waals surface area contributed by atoms with Crippen LogP contribution in [0.25, 0.3) is 0 Å². The van der Waals surface area contributed by atoms with E-state index in [4.69, 9.17) is 29.3 Å². The second kappa shape index (κ2) is 5.26. The summed E-state index contributed by atoms with van der Waals surface area (Å²) in [6.07, 6.45) is 1.95. The highest BCUT2D eigenvalue weighted by Crippen LogP contribution is 2.57. The molecule has 1 N–H and O–H groups in total. The van der Waals surface area contributed by atoms with Crippen LogP contribution < -0.4 is 10.1 Å². The molecule has 1 unspecified atom stereocenters. The molecule has 1 atom stereocenters. The number of halogens is 2. The molecule has 1 aliphatic carbocycles. The lowest BCUT2D eigenvalue weighted by molar-refractivity contribution is -0.384. The summed E-state index contributed by atoms with van der Waals surface area (Å²) in [5.41, 5.74) is 2.68. The number of nitro groups is 1. The minimum atomic E-state index is -0.556. The molecule has 2 aromatic carbocycles. The van der Waals surface area contributed by atoms with Crippen LogP contribution in [0.3, 0.4) is 0 Å². The molecule has 1 fully saturated rings. The van der Waals surface area contributed by atoms with Crippen LogP contribution in [0.2, 0.25) is 10.0 Å². The Kier molecular flexibility index (Phi) is 3.15. The van der Waals surface area contributed by atoms with E-state index in [-0.39, 0.29) is 33.4 Å². The number of non-ortho nitro benzene ring substituents is 1. The van der Waals surface area contributed by atoms with Crippen LogP contribution in [0.15, 0.2) is 24.3 Å². The van der Waals surface area contributed by atoms with Gasteiger partial charge in [0, 0.05) is 31.1 Å². The lowest BCUT2D eigenvalue weighted by atomic mass is 9.93. The van der Waals surface area contributed by atoms with Gasteiger partial charge < -0.3 is 10.1 Å². The van der Waals surface area contributed by atoms with Gasteiger partial charge in [-0.2, -0.15) is 0 Å². The van der Waals surface area contributed by atoms with Gasteiger partial charge in [-0.3, -0.25) is 10.1 Å². The highest BCUT2D eigenvalue weighted by atomic mass is 35.5. The Balaban J connectivity index is 1.74. The summed E-state index contributed by atoms with van der Waals surface area (Å²) in [4.78, 5) is 10.3. The van der Waals surface area contributed by atoms with Crippen molar-refractivity contribution in [3.05, 3.63) is 55.6 Å². The van der Waals surface area contributed by atoms with Crippen LogP contribution in [-0.2, 0) is 5.41 Å². The molecule has 4 rings (SSSR count). The van der Waals surface area contributed by atoms with Gasteiger partial charge in [0.2, 0.25) is 0 Å². The van der Waals surface area contributed by atoms with Crippen LogP contribution in [0.1, 0.15) is 25.3 Å². The third-order valence-electron chi connectivity index (χ3n) is 4.61. The van der Waals surface area contributed by atoms with E-state index in [1.54, 1.807) is 6.07 Å². The normalized spacial score (nSPS) is 20.3. The first-order valence-electron chi connectivity index (χ1n) is 8.05. The van der Waals surface area contributed by atoms with Crippen LogP contribution in [0.4, 0.5) is 11.4 Å². The summed E-state index contributed by atoms with van der Waals surface area (Å²) in [6.45, 7) is 1.60. The molecule has 1 saturated carbocycles. The summed E-state index contributed by atoms with van der Waals surface area (Å²) in [6, 6.07) is 6.12. The van der Waals surface area contributed by atoms with Gasteiger partial charge in [0.05, 0.1) is 15.0 Å². The van der Waals surface area contributed by atoms with Crippen LogP contribution in [0, 0.1) is 17.0 Å². The van der Waals surface area contributed by atoms with Crippen LogP contribution >= 0.6 is 23.2 Å². The third kappa shape index (κ3) is 2.31. The number of anilines is 1. The Morgan fingerprint density at radius 3 is 2.58 bits per heavy atom. The van der Waals surface area contributed by atoms with Crippen LogP contribution in [0.5, 0.6) is 11.5 Å². The van der Waals surface area contributed by atoms with Gasteiger partial charge >= 0.3 is 0 Å². The first-order chi connectivity index (χ1) is 11.8. The average Bonchev–Trinajstić information content (AvgIpc) is 3.28. The van der Waals surface area contributed by atoms with Crippen molar-refractivity contribution in [1.29, 1.82) is 0 Å². The van der Waals surface area contributed by atoms with Crippen LogP contribution in [-0.4, -0.2) is 11.4 Å². The predicted molar refractivity (Wildman–Crippen MR) is 93.8 cm³/mol. The molecule has 0 aromatic heterocycles. The maximum Gasteiger partial charge on any atom is 0.272 e. The Labute approximate surface area is 150 Å². The van der Waals surface area contributed by atoms with Crippen molar-refractivity contribution >= 4 is 34.6 Å². The Hall–Kier alpha value is -1.98. The molecule has 1 spiro atoms. The SMILES string of the molecule is [2H]C1Nc2ccc(Oc3c(Cl)cc([N+](=O)[O-])cc3Cl)c(C)c2C12CC2. The van der Waals surface area contributed by atoms with E-state index in [2.05, 4.69) is 5.32 Å². The molecule has 0 radical (unpaired) electrons. The van der Waals surface area contributed by atoms with E-state index in [0.29, 0.717) is 5.75 Å². The third-order valence-corrected chi connectivity index (χ3v) is 5.17. The molecule has 7 heteroatoms. The molecular formula is C17H14Cl2N2O3. The Morgan fingerprint density at radius 2 is 2.00 bits per heavy atom. The fourth-order valence-electron chi connectivity index (χ4n) is 3.24. The summed E-state index contributed by atoms with van der Waals surface area (Å²) in [5, 5.41) is 14.3. The van der Waals surface area contributed by atoms with Gasteiger partial charge in [-0.05, 0) is 43.0 Å². The van der Waals surface area contributed by atoms with Gasteiger partial charge in [-0.15, -0.1) is 0 Å². The first-order valence-corrected chi connectivity index (χ1v) is 8.23. The minimum absolute atomic E-state index is 0.0803. The minimum Gasteiger partial charge on any atom is -0.454 e. The molecule has 2 aromatic rings. The van der Waals surface area contributed by atoms with Crippen molar-refractivity contribution in [2.45, 2.75) is 25.2 Å². The van der Waals surface area contributed by atoms with Gasteiger partial charge in [0.15, 0.2) is 5.75 Å². The Morgan fingerprint density at radius 1 is 1.33 bits per heavy atom.